The first-order valence-electron chi connectivity index (χ1n) is 9.15. The van der Waals surface area contributed by atoms with E-state index >= 15 is 0 Å². The van der Waals surface area contributed by atoms with Gasteiger partial charge in [-0.3, -0.25) is 4.99 Å². The molecule has 0 saturated heterocycles. The maximum absolute atomic E-state index is 10.3. The highest BCUT2D eigenvalue weighted by Gasteiger charge is 2.12. The Kier molecular flexibility index (Phi) is 9.41. The second-order valence-corrected chi connectivity index (χ2v) is 8.04. The van der Waals surface area contributed by atoms with Crippen LogP contribution in [0, 0.1) is 0 Å². The second kappa shape index (κ2) is 11.5. The molecule has 3 N–H and O–H groups in total. The molecule has 3 aromatic rings. The largest absolute Gasteiger partial charge is 0.386 e. The molecule has 29 heavy (non-hydrogen) atoms. The molecular weight excluding hydrogens is 521 g/mol. The minimum Gasteiger partial charge on any atom is -0.386 e. The highest BCUT2D eigenvalue weighted by Crippen LogP contribution is 2.27. The van der Waals surface area contributed by atoms with Gasteiger partial charge in [0.1, 0.15) is 6.10 Å². The highest BCUT2D eigenvalue weighted by atomic mass is 127. The number of rotatable bonds is 7. The molecule has 0 saturated carbocycles. The van der Waals surface area contributed by atoms with Crippen LogP contribution in [0.25, 0.3) is 5.69 Å². The minimum absolute atomic E-state index is 0. The van der Waals surface area contributed by atoms with E-state index < -0.39 is 6.10 Å². The van der Waals surface area contributed by atoms with Crippen LogP contribution in [0.5, 0.6) is 0 Å². The third-order valence-electron chi connectivity index (χ3n) is 4.18. The first-order chi connectivity index (χ1) is 13.6. The van der Waals surface area contributed by atoms with Gasteiger partial charge in [-0.05, 0) is 49.7 Å². The van der Waals surface area contributed by atoms with E-state index in [2.05, 4.69) is 39.8 Å². The van der Waals surface area contributed by atoms with Gasteiger partial charge in [0.05, 0.1) is 22.6 Å². The number of halogens is 2. The normalized spacial score (nSPS) is 13.4. The molecule has 2 aromatic heterocycles. The van der Waals surface area contributed by atoms with Crippen molar-refractivity contribution in [1.82, 2.24) is 20.4 Å². The maximum Gasteiger partial charge on any atom is 0.191 e. The number of aliphatic hydroxyl groups is 1. The van der Waals surface area contributed by atoms with Crippen LogP contribution < -0.4 is 10.6 Å². The van der Waals surface area contributed by atoms with Crippen LogP contribution in [-0.2, 0) is 0 Å². The lowest BCUT2D eigenvalue weighted by molar-refractivity contribution is 0.191. The van der Waals surface area contributed by atoms with E-state index in [1.165, 1.54) is 11.3 Å². The van der Waals surface area contributed by atoms with Crippen molar-refractivity contribution < 1.29 is 5.11 Å². The third kappa shape index (κ3) is 6.70. The van der Waals surface area contributed by atoms with Crippen LogP contribution in [0.15, 0.2) is 59.9 Å². The molecule has 0 spiro atoms. The fraction of sp³-hybridized carbons (Fsp3) is 0.300. The summed E-state index contributed by atoms with van der Waals surface area (Å²) in [5.74, 6) is 0.654. The topological polar surface area (TPSA) is 74.5 Å². The van der Waals surface area contributed by atoms with Crippen molar-refractivity contribution in [3.63, 3.8) is 0 Å². The molecule has 0 bridgehead atoms. The van der Waals surface area contributed by atoms with Crippen LogP contribution in [0.4, 0.5) is 0 Å². The van der Waals surface area contributed by atoms with Crippen molar-refractivity contribution in [3.05, 3.63) is 69.6 Å². The van der Waals surface area contributed by atoms with Gasteiger partial charge < -0.3 is 15.7 Å². The molecule has 3 rings (SSSR count). The standard InChI is InChI=1S/C20H24ClN5OS.HI/c1-3-22-20(23-13-17(27)18-8-9-19(21)28-18)25-14(2)15-6-4-7-16(12-15)26-11-5-10-24-26;/h4-12,14,17,27H,3,13H2,1-2H3,(H2,22,23,25);1H. The minimum atomic E-state index is -0.675. The van der Waals surface area contributed by atoms with Crippen LogP contribution in [-0.4, -0.2) is 33.9 Å². The van der Waals surface area contributed by atoms with Gasteiger partial charge in [0.15, 0.2) is 5.96 Å². The lowest BCUT2D eigenvalue weighted by atomic mass is 10.1. The van der Waals surface area contributed by atoms with Crippen LogP contribution in [0.3, 0.4) is 0 Å². The van der Waals surface area contributed by atoms with Gasteiger partial charge in [0, 0.05) is 23.8 Å². The Labute approximate surface area is 197 Å². The van der Waals surface area contributed by atoms with Gasteiger partial charge in [-0.25, -0.2) is 4.68 Å². The number of thiophene rings is 1. The summed E-state index contributed by atoms with van der Waals surface area (Å²) in [6, 6.07) is 13.7. The Morgan fingerprint density at radius 2 is 2.14 bits per heavy atom. The maximum atomic E-state index is 10.3. The Hall–Kier alpha value is -1.62. The average Bonchev–Trinajstić information content (AvgIpc) is 3.38. The number of nitrogens with one attached hydrogen (secondary N) is 2. The highest BCUT2D eigenvalue weighted by molar-refractivity contribution is 14.0. The molecule has 6 nitrogen and oxygen atoms in total. The van der Waals surface area contributed by atoms with Crippen molar-refractivity contribution in [3.8, 4) is 5.69 Å². The molecule has 9 heteroatoms. The van der Waals surface area contributed by atoms with E-state index in [0.717, 1.165) is 22.7 Å². The summed E-state index contributed by atoms with van der Waals surface area (Å²) in [6.45, 7) is 5.07. The van der Waals surface area contributed by atoms with Crippen molar-refractivity contribution in [2.75, 3.05) is 13.1 Å². The quantitative estimate of drug-likeness (QED) is 0.231. The number of aliphatic imine (C=N–C) groups is 1. The summed E-state index contributed by atoms with van der Waals surface area (Å²) in [7, 11) is 0. The predicted octanol–water partition coefficient (Wildman–Crippen LogP) is 4.55. The predicted molar refractivity (Wildman–Crippen MR) is 131 cm³/mol. The fourth-order valence-electron chi connectivity index (χ4n) is 2.74. The van der Waals surface area contributed by atoms with Gasteiger partial charge in [-0.1, -0.05) is 23.7 Å². The molecular formula is C20H25ClIN5OS. The van der Waals surface area contributed by atoms with Crippen molar-refractivity contribution in [2.24, 2.45) is 4.99 Å². The smallest absolute Gasteiger partial charge is 0.191 e. The lowest BCUT2D eigenvalue weighted by Gasteiger charge is -2.19. The number of benzene rings is 1. The molecule has 2 unspecified atom stereocenters. The van der Waals surface area contributed by atoms with Crippen molar-refractivity contribution in [2.45, 2.75) is 26.0 Å². The first-order valence-corrected chi connectivity index (χ1v) is 10.3. The van der Waals surface area contributed by atoms with Gasteiger partial charge in [-0.2, -0.15) is 5.10 Å². The summed E-state index contributed by atoms with van der Waals surface area (Å²) in [4.78, 5) is 5.34. The molecule has 2 atom stereocenters. The van der Waals surface area contributed by atoms with Gasteiger partial charge in [-0.15, -0.1) is 35.3 Å². The van der Waals surface area contributed by atoms with Gasteiger partial charge in [0.2, 0.25) is 0 Å². The molecule has 2 heterocycles. The molecule has 0 radical (unpaired) electrons. The van der Waals surface area contributed by atoms with Crippen molar-refractivity contribution >= 4 is 52.9 Å². The molecule has 0 aliphatic heterocycles. The van der Waals surface area contributed by atoms with E-state index in [4.69, 9.17) is 11.6 Å². The summed E-state index contributed by atoms with van der Waals surface area (Å²) >= 11 is 7.31. The Bertz CT molecular complexity index is 915. The number of guanidine groups is 1. The zero-order chi connectivity index (χ0) is 19.9. The van der Waals surface area contributed by atoms with E-state index in [-0.39, 0.29) is 36.6 Å². The Balaban J connectivity index is 0.00000300. The Morgan fingerprint density at radius 1 is 1.31 bits per heavy atom. The monoisotopic (exact) mass is 545 g/mol. The van der Waals surface area contributed by atoms with Crippen molar-refractivity contribution in [1.29, 1.82) is 0 Å². The molecule has 156 valence electrons. The van der Waals surface area contributed by atoms with Gasteiger partial charge >= 0.3 is 0 Å². The zero-order valence-electron chi connectivity index (χ0n) is 16.2. The number of aliphatic hydroxyl groups excluding tert-OH is 1. The first kappa shape index (κ1) is 23.7. The van der Waals surface area contributed by atoms with Gasteiger partial charge in [0.25, 0.3) is 0 Å². The number of nitrogens with zero attached hydrogens (tertiary/aromatic N) is 3. The SMILES string of the molecule is CCNC(=NCC(O)c1ccc(Cl)s1)NC(C)c1cccc(-n2cccn2)c1.I. The summed E-state index contributed by atoms with van der Waals surface area (Å²) in [6.07, 6.45) is 3.00. The van der Waals surface area contributed by atoms with E-state index in [1.54, 1.807) is 12.3 Å². The zero-order valence-corrected chi connectivity index (χ0v) is 20.2. The number of hydrogen-bond acceptors (Lipinski definition) is 4. The fourth-order valence-corrected chi connectivity index (χ4v) is 3.78. The molecule has 0 aliphatic rings. The third-order valence-corrected chi connectivity index (χ3v) is 5.51. The van der Waals surface area contributed by atoms with E-state index in [0.29, 0.717) is 10.3 Å². The van der Waals surface area contributed by atoms with Crippen LogP contribution in [0.1, 0.15) is 36.4 Å². The molecule has 1 aromatic carbocycles. The van der Waals surface area contributed by atoms with Crippen LogP contribution >= 0.6 is 46.9 Å². The molecule has 0 amide bonds. The second-order valence-electron chi connectivity index (χ2n) is 6.29. The number of aromatic nitrogens is 2. The molecule has 0 aliphatic carbocycles. The van der Waals surface area contributed by atoms with Crippen LogP contribution in [0.2, 0.25) is 4.34 Å². The lowest BCUT2D eigenvalue weighted by Crippen LogP contribution is -2.39. The Morgan fingerprint density at radius 3 is 2.79 bits per heavy atom. The summed E-state index contributed by atoms with van der Waals surface area (Å²) < 4.78 is 2.49. The molecule has 0 fully saturated rings. The summed E-state index contributed by atoms with van der Waals surface area (Å²) in [5.41, 5.74) is 2.12. The summed E-state index contributed by atoms with van der Waals surface area (Å²) in [5, 5.41) is 21.2. The number of hydrogen-bond donors (Lipinski definition) is 3. The van der Waals surface area contributed by atoms with E-state index in [1.807, 2.05) is 42.1 Å². The average molecular weight is 546 g/mol. The van der Waals surface area contributed by atoms with E-state index in [9.17, 15) is 5.11 Å².